The maximum Gasteiger partial charge on any atom is 0.417 e. The first-order valence-electron chi connectivity index (χ1n) is 14.0. The quantitative estimate of drug-likeness (QED) is 0.375. The molecule has 1 fully saturated rings. The van der Waals surface area contributed by atoms with Gasteiger partial charge in [0, 0.05) is 26.2 Å². The molecule has 224 valence electrons. The molecule has 1 amide bonds. The fourth-order valence-electron chi connectivity index (χ4n) is 6.16. The van der Waals surface area contributed by atoms with Gasteiger partial charge in [0.25, 0.3) is 5.91 Å². The van der Waals surface area contributed by atoms with Crippen molar-refractivity contribution in [3.05, 3.63) is 93.3 Å². The smallest absolute Gasteiger partial charge is 0.417 e. The number of hydrogen-bond donors (Lipinski definition) is 2. The second-order valence-corrected chi connectivity index (χ2v) is 11.0. The predicted octanol–water partition coefficient (Wildman–Crippen LogP) is 5.15. The van der Waals surface area contributed by atoms with Crippen LogP contribution in [0.1, 0.15) is 50.2 Å². The van der Waals surface area contributed by atoms with Gasteiger partial charge in [-0.2, -0.15) is 13.2 Å². The van der Waals surface area contributed by atoms with Crippen LogP contribution >= 0.6 is 0 Å². The molecule has 3 aromatic carbocycles. The van der Waals surface area contributed by atoms with Crippen LogP contribution in [-0.4, -0.2) is 54.3 Å². The van der Waals surface area contributed by atoms with Gasteiger partial charge in [-0.15, -0.1) is 0 Å². The molecule has 6 nitrogen and oxygen atoms in total. The number of fused-ring (bicyclic) bond motifs is 1. The van der Waals surface area contributed by atoms with Gasteiger partial charge in [-0.1, -0.05) is 18.2 Å². The topological polar surface area (TPSA) is 73.2 Å². The molecule has 1 aliphatic carbocycles. The van der Waals surface area contributed by atoms with Crippen molar-refractivity contribution >= 4 is 11.6 Å². The van der Waals surface area contributed by atoms with E-state index in [1.165, 1.54) is 16.0 Å². The van der Waals surface area contributed by atoms with E-state index in [4.69, 9.17) is 4.74 Å². The molecule has 42 heavy (non-hydrogen) atoms. The molecule has 10 heteroatoms. The van der Waals surface area contributed by atoms with Gasteiger partial charge in [-0.25, -0.2) is 4.39 Å². The summed E-state index contributed by atoms with van der Waals surface area (Å²) in [6, 6.07) is 12.0. The number of ether oxygens (including phenoxy) is 1. The molecule has 2 aliphatic rings. The fourth-order valence-corrected chi connectivity index (χ4v) is 6.16. The minimum atomic E-state index is -4.77. The van der Waals surface area contributed by atoms with E-state index in [1.54, 1.807) is 7.11 Å². The highest BCUT2D eigenvalue weighted by atomic mass is 19.4. The largest absolute Gasteiger partial charge is 0.495 e. The number of carbonyl (C=O) groups is 1. The van der Waals surface area contributed by atoms with Crippen molar-refractivity contribution in [3.8, 4) is 5.75 Å². The number of benzene rings is 3. The fraction of sp³-hybridized carbons (Fsp3) is 0.406. The lowest BCUT2D eigenvalue weighted by Gasteiger charge is -2.37. The number of alkyl halides is 3. The monoisotopic (exact) mass is 586 g/mol. The van der Waals surface area contributed by atoms with Crippen LogP contribution in [0.25, 0.3) is 0 Å². The molecule has 5 rings (SSSR count). The van der Waals surface area contributed by atoms with E-state index >= 15 is 0 Å². The van der Waals surface area contributed by atoms with Crippen LogP contribution in [0.3, 0.4) is 0 Å². The highest BCUT2D eigenvalue weighted by Gasteiger charge is 2.37. The zero-order valence-corrected chi connectivity index (χ0v) is 23.4. The number of methoxy groups -OCH3 is 1. The van der Waals surface area contributed by atoms with Crippen LogP contribution in [0.4, 0.5) is 23.2 Å². The highest BCUT2D eigenvalue weighted by Crippen LogP contribution is 2.36. The third-order valence-electron chi connectivity index (χ3n) is 8.39. The summed E-state index contributed by atoms with van der Waals surface area (Å²) in [5.41, 5.74) is 4.11. The summed E-state index contributed by atoms with van der Waals surface area (Å²) in [5, 5.41) is 19.3. The summed E-state index contributed by atoms with van der Waals surface area (Å²) < 4.78 is 59.9. The number of aryl methyl sites for hydroxylation is 1. The van der Waals surface area contributed by atoms with Crippen LogP contribution in [0.2, 0.25) is 0 Å². The molecule has 0 radical (unpaired) electrons. The Kier molecular flexibility index (Phi) is 8.75. The summed E-state index contributed by atoms with van der Waals surface area (Å²) in [6.07, 6.45) is -1.16. The summed E-state index contributed by atoms with van der Waals surface area (Å²) in [6.45, 7) is 0.931. The molecule has 1 unspecified atom stereocenters. The van der Waals surface area contributed by atoms with Crippen LogP contribution in [0, 0.1) is 11.7 Å². The van der Waals surface area contributed by atoms with E-state index in [-0.39, 0.29) is 26.3 Å². The molecule has 1 atom stereocenters. The Morgan fingerprint density at radius 3 is 2.29 bits per heavy atom. The number of aliphatic hydroxyl groups is 2. The van der Waals surface area contributed by atoms with Crippen LogP contribution in [-0.2, 0) is 38.7 Å². The Balaban J connectivity index is 1.28. The molecule has 1 heterocycles. The van der Waals surface area contributed by atoms with Crippen molar-refractivity contribution in [2.45, 2.75) is 45.1 Å². The first-order valence-corrected chi connectivity index (χ1v) is 14.0. The number of anilines is 1. The Morgan fingerprint density at radius 1 is 0.952 bits per heavy atom. The lowest BCUT2D eigenvalue weighted by atomic mass is 9.79. The van der Waals surface area contributed by atoms with Gasteiger partial charge in [0.2, 0.25) is 0 Å². The van der Waals surface area contributed by atoms with Crippen molar-refractivity contribution in [1.82, 2.24) is 4.90 Å². The molecule has 3 aromatic rings. The molecule has 0 bridgehead atoms. The van der Waals surface area contributed by atoms with E-state index in [9.17, 15) is 32.6 Å². The number of piperazine rings is 1. The zero-order chi connectivity index (χ0) is 30.0. The predicted molar refractivity (Wildman–Crippen MR) is 150 cm³/mol. The molecule has 1 saturated heterocycles. The Labute approximate surface area is 242 Å². The van der Waals surface area contributed by atoms with E-state index in [1.807, 2.05) is 24.3 Å². The van der Waals surface area contributed by atoms with Gasteiger partial charge in [-0.3, -0.25) is 4.79 Å². The highest BCUT2D eigenvalue weighted by molar-refractivity contribution is 5.96. The number of amides is 1. The van der Waals surface area contributed by atoms with Crippen LogP contribution in [0.5, 0.6) is 5.75 Å². The number of carbonyl (C=O) groups excluding carboxylic acids is 1. The van der Waals surface area contributed by atoms with Crippen molar-refractivity contribution in [1.29, 1.82) is 0 Å². The normalized spacial score (nSPS) is 17.3. The van der Waals surface area contributed by atoms with Gasteiger partial charge >= 0.3 is 6.18 Å². The molecule has 0 saturated carbocycles. The Hall–Kier alpha value is -3.63. The summed E-state index contributed by atoms with van der Waals surface area (Å²) >= 11 is 0. The minimum Gasteiger partial charge on any atom is -0.495 e. The van der Waals surface area contributed by atoms with Gasteiger partial charge in [0.05, 0.1) is 37.1 Å². The number of hydrogen-bond acceptors (Lipinski definition) is 5. The standard InChI is InChI=1S/C32H34F4N2O4/c1-42-30-7-3-21(12-20-2-4-22-15-24(18-39)25(19-40)16-23(22)13-20)14-29(30)37-8-10-38(11-9-37)31(41)27-17-26(33)5-6-28(27)32(34,35)36/h3,5-7,14-17,20,39-40H,2,4,8-13,18-19H2,1H3. The van der Waals surface area contributed by atoms with E-state index < -0.39 is 29.0 Å². The van der Waals surface area contributed by atoms with Crippen LogP contribution < -0.4 is 9.64 Å². The first kappa shape index (κ1) is 29.8. The number of halogens is 4. The molecular formula is C32H34F4N2O4. The Bertz CT molecular complexity index is 1450. The average molecular weight is 587 g/mol. The van der Waals surface area contributed by atoms with E-state index in [0.717, 1.165) is 48.1 Å². The second kappa shape index (κ2) is 12.3. The number of aliphatic hydroxyl groups excluding tert-OH is 2. The lowest BCUT2D eigenvalue weighted by Crippen LogP contribution is -2.49. The molecule has 0 aromatic heterocycles. The SMILES string of the molecule is COc1ccc(CC2CCc3cc(CO)c(CO)cc3C2)cc1N1CCN(C(=O)c2cc(F)ccc2C(F)(F)F)CC1. The van der Waals surface area contributed by atoms with Gasteiger partial charge in [0.15, 0.2) is 0 Å². The minimum absolute atomic E-state index is 0.0942. The van der Waals surface area contributed by atoms with Crippen molar-refractivity contribution in [3.63, 3.8) is 0 Å². The molecule has 0 spiro atoms. The lowest BCUT2D eigenvalue weighted by molar-refractivity contribution is -0.138. The summed E-state index contributed by atoms with van der Waals surface area (Å²) in [7, 11) is 1.58. The molecule has 1 aliphatic heterocycles. The average Bonchev–Trinajstić information content (AvgIpc) is 2.99. The zero-order valence-electron chi connectivity index (χ0n) is 23.4. The van der Waals surface area contributed by atoms with Gasteiger partial charge in [0.1, 0.15) is 11.6 Å². The maximum atomic E-state index is 13.8. The third-order valence-corrected chi connectivity index (χ3v) is 8.39. The van der Waals surface area contributed by atoms with Gasteiger partial charge < -0.3 is 24.7 Å². The van der Waals surface area contributed by atoms with Crippen LogP contribution in [0.15, 0.2) is 48.5 Å². The van der Waals surface area contributed by atoms with Gasteiger partial charge in [-0.05, 0) is 89.8 Å². The molecule has 2 N–H and O–H groups in total. The van der Waals surface area contributed by atoms with Crippen molar-refractivity contribution < 1.29 is 37.3 Å². The molecular weight excluding hydrogens is 552 g/mol. The van der Waals surface area contributed by atoms with E-state index in [0.29, 0.717) is 43.0 Å². The third kappa shape index (κ3) is 6.24. The number of nitrogens with zero attached hydrogens (tertiary/aromatic N) is 2. The maximum absolute atomic E-state index is 13.8. The Morgan fingerprint density at radius 2 is 1.64 bits per heavy atom. The summed E-state index contributed by atoms with van der Waals surface area (Å²) in [5.74, 6) is -0.665. The summed E-state index contributed by atoms with van der Waals surface area (Å²) in [4.78, 5) is 16.4. The number of rotatable bonds is 7. The van der Waals surface area contributed by atoms with Crippen molar-refractivity contribution in [2.24, 2.45) is 5.92 Å². The first-order chi connectivity index (χ1) is 20.1. The van der Waals surface area contributed by atoms with Crippen molar-refractivity contribution in [2.75, 3.05) is 38.2 Å². The van der Waals surface area contributed by atoms with E-state index in [2.05, 4.69) is 11.0 Å². The second-order valence-electron chi connectivity index (χ2n) is 11.0.